The van der Waals surface area contributed by atoms with E-state index in [4.69, 9.17) is 10.6 Å². The van der Waals surface area contributed by atoms with Crippen molar-refractivity contribution in [1.29, 1.82) is 0 Å². The summed E-state index contributed by atoms with van der Waals surface area (Å²) in [6.07, 6.45) is 3.81. The lowest BCUT2D eigenvalue weighted by Gasteiger charge is -2.34. The van der Waals surface area contributed by atoms with Gasteiger partial charge in [-0.15, -0.1) is 4.91 Å². The molecule has 2 aromatic rings. The molecule has 11 nitrogen and oxygen atoms in total. The van der Waals surface area contributed by atoms with Crippen molar-refractivity contribution in [3.05, 3.63) is 81.8 Å². The largest absolute Gasteiger partial charge is 0.379 e. The number of nitrogens with one attached hydrogen (secondary N) is 1. The van der Waals surface area contributed by atoms with E-state index in [2.05, 4.69) is 34.2 Å². The number of hydrogen-bond donors (Lipinski definition) is 2. The molecule has 216 valence electrons. The summed E-state index contributed by atoms with van der Waals surface area (Å²) in [6.45, 7) is 4.33. The van der Waals surface area contributed by atoms with Gasteiger partial charge in [-0.1, -0.05) is 36.1 Å². The maximum Gasteiger partial charge on any atom is 0.268 e. The van der Waals surface area contributed by atoms with E-state index in [9.17, 15) is 22.9 Å². The fourth-order valence-corrected chi connectivity index (χ4v) is 6.42. The van der Waals surface area contributed by atoms with Gasteiger partial charge >= 0.3 is 0 Å². The lowest BCUT2D eigenvalue weighted by molar-refractivity contribution is -0.127. The van der Waals surface area contributed by atoms with Crippen molar-refractivity contribution in [2.24, 2.45) is 17.0 Å². The van der Waals surface area contributed by atoms with Gasteiger partial charge in [0.15, 0.2) is 0 Å². The van der Waals surface area contributed by atoms with Gasteiger partial charge < -0.3 is 4.74 Å². The summed E-state index contributed by atoms with van der Waals surface area (Å²) < 4.78 is 29.0. The van der Waals surface area contributed by atoms with E-state index in [1.165, 1.54) is 5.56 Å². The average molecular weight is 580 g/mol. The van der Waals surface area contributed by atoms with E-state index in [1.807, 2.05) is 18.2 Å². The molecule has 2 saturated heterocycles. The topological polar surface area (TPSA) is 151 Å². The Kier molecular flexibility index (Phi) is 10.4. The summed E-state index contributed by atoms with van der Waals surface area (Å²) in [5.74, 6) is 9.91. The Morgan fingerprint density at radius 1 is 1.10 bits per heavy atom. The van der Waals surface area contributed by atoms with Crippen molar-refractivity contribution in [3.63, 3.8) is 0 Å². The maximum atomic E-state index is 13.1. The second-order valence-electron chi connectivity index (χ2n) is 10.0. The fraction of sp³-hybridized carbons (Fsp3) is 0.379. The Bertz CT molecular complexity index is 1410. The zero-order valence-electron chi connectivity index (χ0n) is 22.6. The third-order valence-corrected chi connectivity index (χ3v) is 8.92. The third kappa shape index (κ3) is 8.55. The molecule has 2 heterocycles. The van der Waals surface area contributed by atoms with Crippen LogP contribution in [-0.2, 0) is 25.9 Å². The van der Waals surface area contributed by atoms with Gasteiger partial charge in [0.1, 0.15) is 15.9 Å². The highest BCUT2D eigenvalue weighted by atomic mass is 32.2. The number of nitrogens with zero attached hydrogens (tertiary/aromatic N) is 3. The van der Waals surface area contributed by atoms with Crippen LogP contribution in [0.1, 0.15) is 39.9 Å². The van der Waals surface area contributed by atoms with Crippen molar-refractivity contribution in [3.8, 4) is 11.8 Å². The molecule has 1 unspecified atom stereocenters. The van der Waals surface area contributed by atoms with Crippen LogP contribution >= 0.6 is 0 Å². The molecule has 2 aromatic carbocycles. The first-order valence-corrected chi connectivity index (χ1v) is 15.2. The van der Waals surface area contributed by atoms with Crippen LogP contribution in [0, 0.1) is 22.7 Å². The van der Waals surface area contributed by atoms with Crippen LogP contribution < -0.4 is 11.3 Å². The lowest BCUT2D eigenvalue weighted by Crippen LogP contribution is -2.57. The molecular weight excluding hydrogens is 546 g/mol. The van der Waals surface area contributed by atoms with Crippen molar-refractivity contribution < 1.29 is 22.7 Å². The number of benzene rings is 2. The number of rotatable bonds is 8. The second kappa shape index (κ2) is 14.1. The molecule has 12 heteroatoms. The van der Waals surface area contributed by atoms with Crippen LogP contribution in [0.5, 0.6) is 0 Å². The molecule has 3 N–H and O–H groups in total. The van der Waals surface area contributed by atoms with Crippen LogP contribution in [0.15, 0.2) is 59.9 Å². The van der Waals surface area contributed by atoms with Crippen molar-refractivity contribution in [2.75, 3.05) is 37.8 Å². The summed E-state index contributed by atoms with van der Waals surface area (Å²) in [6, 6.07) is 13.5. The summed E-state index contributed by atoms with van der Waals surface area (Å²) >= 11 is 0. The van der Waals surface area contributed by atoms with Crippen LogP contribution in [0.4, 0.5) is 0 Å². The zero-order chi connectivity index (χ0) is 29.2. The Morgan fingerprint density at radius 2 is 1.76 bits per heavy atom. The molecule has 2 aliphatic heterocycles. The van der Waals surface area contributed by atoms with Crippen LogP contribution in [0.25, 0.3) is 6.08 Å². The minimum atomic E-state index is -3.20. The number of allylic oxidation sites excluding steroid dienone is 1. The van der Waals surface area contributed by atoms with E-state index in [0.29, 0.717) is 0 Å². The van der Waals surface area contributed by atoms with Gasteiger partial charge in [0.25, 0.3) is 11.8 Å². The minimum Gasteiger partial charge on any atom is -0.379 e. The molecule has 0 spiro atoms. The molecule has 1 atom stereocenters. The van der Waals surface area contributed by atoms with Gasteiger partial charge in [-0.05, 0) is 66.3 Å². The lowest BCUT2D eigenvalue weighted by atomic mass is 9.92. The van der Waals surface area contributed by atoms with Gasteiger partial charge in [-0.25, -0.2) is 19.7 Å². The number of carbonyl (C=O) groups excluding carboxylic acids is 2. The van der Waals surface area contributed by atoms with E-state index in [0.717, 1.165) is 49.0 Å². The number of carbonyl (C=O) groups is 2. The van der Waals surface area contributed by atoms with Crippen LogP contribution in [0.2, 0.25) is 0 Å². The van der Waals surface area contributed by atoms with E-state index >= 15 is 0 Å². The average Bonchev–Trinajstić information content (AvgIpc) is 2.98. The Morgan fingerprint density at radius 3 is 2.39 bits per heavy atom. The molecule has 0 aliphatic carbocycles. The quantitative estimate of drug-likeness (QED) is 0.158. The second-order valence-corrected chi connectivity index (χ2v) is 12.3. The smallest absolute Gasteiger partial charge is 0.268 e. The molecule has 0 radical (unpaired) electrons. The molecule has 0 saturated carbocycles. The number of hydrogen-bond acceptors (Lipinski definition) is 9. The van der Waals surface area contributed by atoms with E-state index in [1.54, 1.807) is 35.8 Å². The van der Waals surface area contributed by atoms with Gasteiger partial charge in [0, 0.05) is 30.8 Å². The summed E-state index contributed by atoms with van der Waals surface area (Å²) in [5.41, 5.74) is 4.97. The van der Waals surface area contributed by atoms with Gasteiger partial charge in [0.05, 0.1) is 30.0 Å². The highest BCUT2D eigenvalue weighted by Crippen LogP contribution is 2.26. The Hall–Kier alpha value is -3.89. The SMILES string of the molecule is NN(C(=O)c1ccc(/C=C/C#Cc2ccc(CN3CCOCC3)cc2)cc1)C(C(=O)NN=O)C1CCS(=O)(=O)CC1. The number of amides is 2. The molecular formula is C29H33N5O6S. The Labute approximate surface area is 239 Å². The van der Waals surface area contributed by atoms with Gasteiger partial charge in [-0.3, -0.25) is 19.5 Å². The van der Waals surface area contributed by atoms with Crippen molar-refractivity contribution in [2.45, 2.75) is 25.4 Å². The van der Waals surface area contributed by atoms with Crippen LogP contribution in [-0.4, -0.2) is 74.0 Å². The monoisotopic (exact) mass is 579 g/mol. The molecule has 2 fully saturated rings. The van der Waals surface area contributed by atoms with Crippen molar-refractivity contribution in [1.82, 2.24) is 15.3 Å². The molecule has 2 aliphatic rings. The number of ether oxygens (including phenoxy) is 1. The Balaban J connectivity index is 1.35. The van der Waals surface area contributed by atoms with E-state index in [-0.39, 0.29) is 29.9 Å². The predicted octanol–water partition coefficient (Wildman–Crippen LogP) is 1.89. The first-order valence-electron chi connectivity index (χ1n) is 13.3. The molecule has 2 amide bonds. The van der Waals surface area contributed by atoms with E-state index < -0.39 is 33.6 Å². The molecule has 0 aromatic heterocycles. The molecule has 4 rings (SSSR count). The number of nitrogens with two attached hydrogens (primary N) is 1. The van der Waals surface area contributed by atoms with Gasteiger partial charge in [-0.2, -0.15) is 0 Å². The van der Waals surface area contributed by atoms with Gasteiger partial charge in [0.2, 0.25) is 0 Å². The summed E-state index contributed by atoms with van der Waals surface area (Å²) in [7, 11) is -3.20. The minimum absolute atomic E-state index is 0.123. The predicted molar refractivity (Wildman–Crippen MR) is 154 cm³/mol. The van der Waals surface area contributed by atoms with Crippen LogP contribution in [0.3, 0.4) is 0 Å². The molecule has 0 bridgehead atoms. The zero-order valence-corrected chi connectivity index (χ0v) is 23.4. The normalized spacial score (nSPS) is 18.2. The summed E-state index contributed by atoms with van der Waals surface area (Å²) in [5, 5.41) is 3.16. The first-order chi connectivity index (χ1) is 19.8. The number of morpholine rings is 1. The number of nitroso groups, excluding NO2 is 1. The first kappa shape index (κ1) is 30.1. The van der Waals surface area contributed by atoms with Crippen molar-refractivity contribution >= 4 is 27.7 Å². The standard InChI is InChI=1S/C29H33N5O6S/c30-34(27(28(35)31-32-37)25-13-19-41(38,39)20-14-25)29(36)26-11-9-23(10-12-26)4-2-1-3-22-5-7-24(8-6-22)21-33-15-17-40-18-16-33/h2,4-12,25,27H,13-21,30H2,(H,31,35,37)/b4-2+. The highest BCUT2D eigenvalue weighted by Gasteiger charge is 2.39. The molecule has 41 heavy (non-hydrogen) atoms. The highest BCUT2D eigenvalue weighted by molar-refractivity contribution is 7.91. The summed E-state index contributed by atoms with van der Waals surface area (Å²) in [4.78, 5) is 38.6. The maximum absolute atomic E-state index is 13.1. The number of sulfone groups is 1. The number of hydrazine groups is 1. The fourth-order valence-electron chi connectivity index (χ4n) is 4.89. The third-order valence-electron chi connectivity index (χ3n) is 7.20.